The van der Waals surface area contributed by atoms with Gasteiger partial charge in [-0.3, -0.25) is 9.59 Å². The molecule has 2 N–H and O–H groups in total. The number of amides is 1. The number of benzene rings is 1. The predicted molar refractivity (Wildman–Crippen MR) is 59.0 cm³/mol. The number of hydrogen-bond donors (Lipinski definition) is 2. The molecule has 1 aliphatic rings. The summed E-state index contributed by atoms with van der Waals surface area (Å²) < 4.78 is 13.5. The number of carbonyl (C=O) groups is 2. The Morgan fingerprint density at radius 1 is 1.44 bits per heavy atom. The van der Waals surface area contributed by atoms with Crippen LogP contribution in [-0.2, 0) is 9.59 Å². The number of aliphatic carboxylic acids is 1. The Morgan fingerprint density at radius 2 is 2.17 bits per heavy atom. The molecule has 0 heterocycles. The lowest BCUT2D eigenvalue weighted by molar-refractivity contribution is -0.139. The van der Waals surface area contributed by atoms with E-state index in [-0.39, 0.29) is 17.7 Å². The summed E-state index contributed by atoms with van der Waals surface area (Å²) >= 11 is 0. The first-order valence-electron chi connectivity index (χ1n) is 5.26. The maximum Gasteiger partial charge on any atom is 0.307 e. The van der Waals surface area contributed by atoms with Gasteiger partial charge in [0.05, 0.1) is 29.2 Å². The second-order valence-electron chi connectivity index (χ2n) is 4.08. The van der Waals surface area contributed by atoms with Gasteiger partial charge in [-0.25, -0.2) is 4.39 Å². The van der Waals surface area contributed by atoms with Gasteiger partial charge in [-0.1, -0.05) is 0 Å². The van der Waals surface area contributed by atoms with Gasteiger partial charge in [0.2, 0.25) is 5.91 Å². The molecule has 2 rings (SSSR count). The second kappa shape index (κ2) is 4.45. The molecule has 2 atom stereocenters. The van der Waals surface area contributed by atoms with E-state index < -0.39 is 29.5 Å². The van der Waals surface area contributed by atoms with Crippen LogP contribution in [0.25, 0.3) is 0 Å². The van der Waals surface area contributed by atoms with E-state index in [0.29, 0.717) is 0 Å². The fraction of sp³-hybridized carbons (Fsp3) is 0.250. The lowest BCUT2D eigenvalue weighted by Gasteiger charge is -2.05. The largest absolute Gasteiger partial charge is 0.481 e. The van der Waals surface area contributed by atoms with Crippen molar-refractivity contribution in [1.29, 1.82) is 5.26 Å². The number of carboxylic acid groups (broad SMARTS) is 1. The van der Waals surface area contributed by atoms with Crippen LogP contribution >= 0.6 is 0 Å². The van der Waals surface area contributed by atoms with Gasteiger partial charge >= 0.3 is 5.97 Å². The number of carboxylic acids is 1. The maximum atomic E-state index is 13.5. The van der Waals surface area contributed by atoms with E-state index in [1.54, 1.807) is 6.07 Å². The van der Waals surface area contributed by atoms with Gasteiger partial charge in [-0.05, 0) is 24.6 Å². The number of hydrogen-bond acceptors (Lipinski definition) is 3. The van der Waals surface area contributed by atoms with E-state index >= 15 is 0 Å². The zero-order valence-electron chi connectivity index (χ0n) is 9.18. The van der Waals surface area contributed by atoms with Gasteiger partial charge in [0.25, 0.3) is 0 Å². The number of halogens is 1. The third-order valence-electron chi connectivity index (χ3n) is 2.80. The number of nitrogens with one attached hydrogen (secondary N) is 1. The zero-order chi connectivity index (χ0) is 13.3. The molecule has 18 heavy (non-hydrogen) atoms. The van der Waals surface area contributed by atoms with Gasteiger partial charge in [0.15, 0.2) is 0 Å². The molecule has 0 saturated heterocycles. The van der Waals surface area contributed by atoms with E-state index in [4.69, 9.17) is 10.4 Å². The molecule has 1 aliphatic carbocycles. The Labute approximate surface area is 102 Å². The van der Waals surface area contributed by atoms with E-state index in [2.05, 4.69) is 5.32 Å². The monoisotopic (exact) mass is 248 g/mol. The summed E-state index contributed by atoms with van der Waals surface area (Å²) in [6, 6.07) is 5.44. The number of nitrogens with zero attached hydrogens (tertiary/aromatic N) is 1. The van der Waals surface area contributed by atoms with Gasteiger partial charge in [-0.2, -0.15) is 5.26 Å². The van der Waals surface area contributed by atoms with Crippen LogP contribution in [0.2, 0.25) is 0 Å². The highest BCUT2D eigenvalue weighted by molar-refractivity contribution is 5.98. The van der Waals surface area contributed by atoms with Crippen molar-refractivity contribution in [3.8, 4) is 6.07 Å². The Morgan fingerprint density at radius 3 is 2.67 bits per heavy atom. The molecule has 0 bridgehead atoms. The lowest BCUT2D eigenvalue weighted by atomic mass is 10.2. The quantitative estimate of drug-likeness (QED) is 0.844. The summed E-state index contributed by atoms with van der Waals surface area (Å²) in [5, 5.41) is 19.6. The molecule has 1 saturated carbocycles. The standard InChI is InChI=1S/C12H9FN2O3/c13-9-3-6(5-14)1-2-10(9)15-11(16)7-4-8(7)12(17)18/h1-3,7-8H,4H2,(H,15,16)(H,17,18)/t7-,8+/m1/s1. The fourth-order valence-corrected chi connectivity index (χ4v) is 1.67. The minimum atomic E-state index is -1.02. The average molecular weight is 248 g/mol. The number of nitriles is 1. The molecule has 1 fully saturated rings. The topological polar surface area (TPSA) is 90.2 Å². The van der Waals surface area contributed by atoms with Crippen molar-refractivity contribution in [2.45, 2.75) is 6.42 Å². The molecule has 0 radical (unpaired) electrons. The van der Waals surface area contributed by atoms with Crippen molar-refractivity contribution in [3.63, 3.8) is 0 Å². The smallest absolute Gasteiger partial charge is 0.307 e. The van der Waals surface area contributed by atoms with Crippen LogP contribution in [0.4, 0.5) is 10.1 Å². The van der Waals surface area contributed by atoms with Crippen LogP contribution in [0.5, 0.6) is 0 Å². The van der Waals surface area contributed by atoms with Crippen LogP contribution in [0.3, 0.4) is 0 Å². The molecule has 1 aromatic rings. The summed E-state index contributed by atoms with van der Waals surface area (Å²) in [6.07, 6.45) is 0.277. The minimum absolute atomic E-state index is 0.0463. The summed E-state index contributed by atoms with van der Waals surface area (Å²) in [5.74, 6) is -3.51. The first-order valence-corrected chi connectivity index (χ1v) is 5.26. The Hall–Kier alpha value is -2.42. The van der Waals surface area contributed by atoms with Crippen LogP contribution in [0.15, 0.2) is 18.2 Å². The second-order valence-corrected chi connectivity index (χ2v) is 4.08. The molecular weight excluding hydrogens is 239 g/mol. The van der Waals surface area contributed by atoms with Gasteiger partial charge in [0.1, 0.15) is 5.82 Å². The average Bonchev–Trinajstić information content (AvgIpc) is 3.11. The highest BCUT2D eigenvalue weighted by atomic mass is 19.1. The van der Waals surface area contributed by atoms with Crippen molar-refractivity contribution < 1.29 is 19.1 Å². The molecule has 92 valence electrons. The van der Waals surface area contributed by atoms with Crippen LogP contribution < -0.4 is 5.32 Å². The Kier molecular flexibility index (Phi) is 2.98. The normalized spacial score (nSPS) is 20.9. The van der Waals surface area contributed by atoms with Crippen LogP contribution in [0.1, 0.15) is 12.0 Å². The summed E-state index contributed by atoms with van der Waals surface area (Å²) in [6.45, 7) is 0. The third-order valence-corrected chi connectivity index (χ3v) is 2.80. The van der Waals surface area contributed by atoms with Crippen molar-refractivity contribution in [3.05, 3.63) is 29.6 Å². The molecular formula is C12H9FN2O3. The number of rotatable bonds is 3. The van der Waals surface area contributed by atoms with Gasteiger partial charge < -0.3 is 10.4 Å². The number of carbonyl (C=O) groups excluding carboxylic acids is 1. The molecule has 1 aromatic carbocycles. The van der Waals surface area contributed by atoms with Crippen molar-refractivity contribution in [1.82, 2.24) is 0 Å². The molecule has 0 aliphatic heterocycles. The molecule has 0 spiro atoms. The highest BCUT2D eigenvalue weighted by Crippen LogP contribution is 2.39. The third kappa shape index (κ3) is 2.30. The van der Waals surface area contributed by atoms with E-state index in [9.17, 15) is 14.0 Å². The van der Waals surface area contributed by atoms with Gasteiger partial charge in [-0.15, -0.1) is 0 Å². The van der Waals surface area contributed by atoms with Crippen molar-refractivity contribution in [2.75, 3.05) is 5.32 Å². The number of anilines is 1. The lowest BCUT2D eigenvalue weighted by Crippen LogP contribution is -2.17. The molecule has 0 unspecified atom stereocenters. The van der Waals surface area contributed by atoms with Gasteiger partial charge in [0, 0.05) is 0 Å². The minimum Gasteiger partial charge on any atom is -0.481 e. The molecule has 0 aromatic heterocycles. The summed E-state index contributed by atoms with van der Waals surface area (Å²) in [5.41, 5.74) is 0.107. The van der Waals surface area contributed by atoms with Crippen LogP contribution in [0, 0.1) is 29.0 Å². The predicted octanol–water partition coefficient (Wildman–Crippen LogP) is 1.36. The fourth-order valence-electron chi connectivity index (χ4n) is 1.67. The Balaban J connectivity index is 2.05. The first kappa shape index (κ1) is 12.0. The van der Waals surface area contributed by atoms with E-state index in [1.165, 1.54) is 12.1 Å². The maximum absolute atomic E-state index is 13.5. The first-order chi connectivity index (χ1) is 8.52. The van der Waals surface area contributed by atoms with Crippen molar-refractivity contribution >= 4 is 17.6 Å². The summed E-state index contributed by atoms with van der Waals surface area (Å²) in [7, 11) is 0. The highest BCUT2D eigenvalue weighted by Gasteiger charge is 2.48. The SMILES string of the molecule is N#Cc1ccc(NC(=O)[C@@H]2C[C@@H]2C(=O)O)c(F)c1. The zero-order valence-corrected chi connectivity index (χ0v) is 9.18. The Bertz CT molecular complexity index is 565. The van der Waals surface area contributed by atoms with E-state index in [0.717, 1.165) is 6.07 Å². The van der Waals surface area contributed by atoms with Crippen molar-refractivity contribution in [2.24, 2.45) is 11.8 Å². The molecule has 6 heteroatoms. The molecule has 1 amide bonds. The van der Waals surface area contributed by atoms with E-state index in [1.807, 2.05) is 0 Å². The van der Waals surface area contributed by atoms with Crippen LogP contribution in [-0.4, -0.2) is 17.0 Å². The summed E-state index contributed by atoms with van der Waals surface area (Å²) in [4.78, 5) is 22.2. The molecule has 5 nitrogen and oxygen atoms in total.